The van der Waals surface area contributed by atoms with Crippen molar-refractivity contribution in [1.29, 1.82) is 0 Å². The van der Waals surface area contributed by atoms with Crippen molar-refractivity contribution in [2.24, 2.45) is 0 Å². The standard InChI is InChI=1S/C16H18ClNO/c1-12-6-7-15(17)9-16(12)19-11-14-5-3-4-13(8-14)10-18-2/h3-9,18H,10-11H2,1-2H3. The number of hydrogen-bond donors (Lipinski definition) is 1. The highest BCUT2D eigenvalue weighted by Crippen LogP contribution is 2.23. The third-order valence-electron chi connectivity index (χ3n) is 2.92. The van der Waals surface area contributed by atoms with Gasteiger partial charge in [0, 0.05) is 11.6 Å². The van der Waals surface area contributed by atoms with Crippen LogP contribution in [0.3, 0.4) is 0 Å². The first-order chi connectivity index (χ1) is 9.19. The van der Waals surface area contributed by atoms with E-state index in [9.17, 15) is 0 Å². The molecule has 2 aromatic carbocycles. The molecule has 100 valence electrons. The lowest BCUT2D eigenvalue weighted by Crippen LogP contribution is -2.05. The largest absolute Gasteiger partial charge is 0.489 e. The van der Waals surface area contributed by atoms with Crippen molar-refractivity contribution >= 4 is 11.6 Å². The minimum atomic E-state index is 0.554. The lowest BCUT2D eigenvalue weighted by atomic mass is 10.1. The van der Waals surface area contributed by atoms with Gasteiger partial charge in [-0.05, 0) is 42.8 Å². The maximum absolute atomic E-state index is 5.98. The molecule has 0 amide bonds. The Labute approximate surface area is 119 Å². The molecule has 2 aromatic rings. The van der Waals surface area contributed by atoms with Crippen molar-refractivity contribution in [2.45, 2.75) is 20.1 Å². The van der Waals surface area contributed by atoms with Gasteiger partial charge in [-0.2, -0.15) is 0 Å². The van der Waals surface area contributed by atoms with Crippen molar-refractivity contribution in [2.75, 3.05) is 7.05 Å². The molecule has 0 aliphatic rings. The van der Waals surface area contributed by atoms with Gasteiger partial charge in [0.05, 0.1) is 0 Å². The van der Waals surface area contributed by atoms with E-state index >= 15 is 0 Å². The van der Waals surface area contributed by atoms with Crippen LogP contribution in [0.4, 0.5) is 0 Å². The predicted molar refractivity (Wildman–Crippen MR) is 79.7 cm³/mol. The van der Waals surface area contributed by atoms with Crippen LogP contribution in [0.5, 0.6) is 5.75 Å². The summed E-state index contributed by atoms with van der Waals surface area (Å²) in [5.41, 5.74) is 3.51. The van der Waals surface area contributed by atoms with Crippen molar-refractivity contribution in [3.05, 3.63) is 64.2 Å². The van der Waals surface area contributed by atoms with E-state index < -0.39 is 0 Å². The first-order valence-electron chi connectivity index (χ1n) is 6.30. The van der Waals surface area contributed by atoms with Crippen molar-refractivity contribution in [3.8, 4) is 5.75 Å². The molecule has 0 fully saturated rings. The smallest absolute Gasteiger partial charge is 0.124 e. The zero-order chi connectivity index (χ0) is 13.7. The Bertz CT molecular complexity index is 554. The van der Waals surface area contributed by atoms with Crippen LogP contribution in [-0.4, -0.2) is 7.05 Å². The highest BCUT2D eigenvalue weighted by atomic mass is 35.5. The van der Waals surface area contributed by atoms with E-state index in [-0.39, 0.29) is 0 Å². The first kappa shape index (κ1) is 13.9. The van der Waals surface area contributed by atoms with Gasteiger partial charge in [0.25, 0.3) is 0 Å². The predicted octanol–water partition coefficient (Wildman–Crippen LogP) is 3.95. The molecule has 1 N–H and O–H groups in total. The molecule has 0 heterocycles. The summed E-state index contributed by atoms with van der Waals surface area (Å²) in [4.78, 5) is 0. The molecule has 0 aliphatic heterocycles. The molecule has 2 nitrogen and oxygen atoms in total. The van der Waals surface area contributed by atoms with Gasteiger partial charge in [0.1, 0.15) is 12.4 Å². The zero-order valence-electron chi connectivity index (χ0n) is 11.2. The van der Waals surface area contributed by atoms with Gasteiger partial charge in [-0.3, -0.25) is 0 Å². The van der Waals surface area contributed by atoms with E-state index in [4.69, 9.17) is 16.3 Å². The minimum absolute atomic E-state index is 0.554. The minimum Gasteiger partial charge on any atom is -0.489 e. The van der Waals surface area contributed by atoms with Crippen LogP contribution in [0.2, 0.25) is 5.02 Å². The summed E-state index contributed by atoms with van der Waals surface area (Å²) in [7, 11) is 1.94. The Hall–Kier alpha value is -1.51. The van der Waals surface area contributed by atoms with E-state index in [2.05, 4.69) is 29.6 Å². The monoisotopic (exact) mass is 275 g/mol. The number of nitrogens with one attached hydrogen (secondary N) is 1. The second-order valence-electron chi connectivity index (χ2n) is 4.55. The molecule has 0 saturated heterocycles. The second kappa shape index (κ2) is 6.60. The third-order valence-corrected chi connectivity index (χ3v) is 3.15. The fraction of sp³-hybridized carbons (Fsp3) is 0.250. The number of halogens is 1. The first-order valence-corrected chi connectivity index (χ1v) is 6.68. The molecule has 0 unspecified atom stereocenters. The number of aryl methyl sites for hydroxylation is 1. The van der Waals surface area contributed by atoms with E-state index in [1.54, 1.807) is 0 Å². The van der Waals surface area contributed by atoms with Crippen LogP contribution >= 0.6 is 11.6 Å². The van der Waals surface area contributed by atoms with Crippen molar-refractivity contribution < 1.29 is 4.74 Å². The van der Waals surface area contributed by atoms with Gasteiger partial charge in [-0.15, -0.1) is 0 Å². The average molecular weight is 276 g/mol. The summed E-state index contributed by atoms with van der Waals surface area (Å²) in [6.07, 6.45) is 0. The normalized spacial score (nSPS) is 10.5. The summed E-state index contributed by atoms with van der Waals surface area (Å²) >= 11 is 5.98. The fourth-order valence-corrected chi connectivity index (χ4v) is 2.09. The van der Waals surface area contributed by atoms with Crippen molar-refractivity contribution in [3.63, 3.8) is 0 Å². The van der Waals surface area contributed by atoms with Gasteiger partial charge in [-0.25, -0.2) is 0 Å². The Balaban J connectivity index is 2.05. The average Bonchev–Trinajstić information content (AvgIpc) is 2.41. The van der Waals surface area contributed by atoms with Gasteiger partial charge in [0.15, 0.2) is 0 Å². The molecular weight excluding hydrogens is 258 g/mol. The molecule has 0 radical (unpaired) electrons. The SMILES string of the molecule is CNCc1cccc(COc2cc(Cl)ccc2C)c1. The maximum Gasteiger partial charge on any atom is 0.124 e. The summed E-state index contributed by atoms with van der Waals surface area (Å²) in [6, 6.07) is 14.1. The van der Waals surface area contributed by atoms with Crippen molar-refractivity contribution in [1.82, 2.24) is 5.32 Å². The molecule has 0 spiro atoms. The van der Waals surface area contributed by atoms with E-state index in [0.717, 1.165) is 23.4 Å². The van der Waals surface area contributed by atoms with Gasteiger partial charge < -0.3 is 10.1 Å². The molecule has 2 rings (SSSR count). The Morgan fingerprint density at radius 3 is 2.68 bits per heavy atom. The summed E-state index contributed by atoms with van der Waals surface area (Å²) in [5, 5.41) is 3.84. The number of hydrogen-bond acceptors (Lipinski definition) is 2. The highest BCUT2D eigenvalue weighted by Gasteiger charge is 2.02. The van der Waals surface area contributed by atoms with Crippen LogP contribution in [0.1, 0.15) is 16.7 Å². The van der Waals surface area contributed by atoms with Crippen LogP contribution in [0.25, 0.3) is 0 Å². The molecule has 0 bridgehead atoms. The molecule has 19 heavy (non-hydrogen) atoms. The summed E-state index contributed by atoms with van der Waals surface area (Å²) in [6.45, 7) is 3.44. The zero-order valence-corrected chi connectivity index (χ0v) is 12.0. The van der Waals surface area contributed by atoms with Crippen LogP contribution in [-0.2, 0) is 13.2 Å². The van der Waals surface area contributed by atoms with E-state index in [0.29, 0.717) is 11.6 Å². The lowest BCUT2D eigenvalue weighted by Gasteiger charge is -2.10. The quantitative estimate of drug-likeness (QED) is 0.892. The Morgan fingerprint density at radius 1 is 1.11 bits per heavy atom. The molecule has 3 heteroatoms. The maximum atomic E-state index is 5.98. The summed E-state index contributed by atoms with van der Waals surface area (Å²) < 4.78 is 5.83. The molecule has 0 atom stereocenters. The Morgan fingerprint density at radius 2 is 1.89 bits per heavy atom. The molecule has 0 saturated carbocycles. The number of ether oxygens (including phenoxy) is 1. The van der Waals surface area contributed by atoms with Crippen LogP contribution in [0.15, 0.2) is 42.5 Å². The third kappa shape index (κ3) is 3.98. The molecule has 0 aromatic heterocycles. The number of benzene rings is 2. The van der Waals surface area contributed by atoms with Crippen LogP contribution in [0, 0.1) is 6.92 Å². The molecule has 0 aliphatic carbocycles. The van der Waals surface area contributed by atoms with Gasteiger partial charge in [0.2, 0.25) is 0 Å². The summed E-state index contributed by atoms with van der Waals surface area (Å²) in [5.74, 6) is 0.839. The van der Waals surface area contributed by atoms with Gasteiger partial charge in [-0.1, -0.05) is 41.9 Å². The Kier molecular flexibility index (Phi) is 4.83. The second-order valence-corrected chi connectivity index (χ2v) is 4.99. The topological polar surface area (TPSA) is 21.3 Å². The van der Waals surface area contributed by atoms with E-state index in [1.807, 2.05) is 32.2 Å². The highest BCUT2D eigenvalue weighted by molar-refractivity contribution is 6.30. The number of rotatable bonds is 5. The van der Waals surface area contributed by atoms with Crippen LogP contribution < -0.4 is 10.1 Å². The van der Waals surface area contributed by atoms with Gasteiger partial charge >= 0.3 is 0 Å². The molecular formula is C16H18ClNO. The lowest BCUT2D eigenvalue weighted by molar-refractivity contribution is 0.304. The fourth-order valence-electron chi connectivity index (χ4n) is 1.92. The van der Waals surface area contributed by atoms with E-state index in [1.165, 1.54) is 5.56 Å².